The molecule has 0 heterocycles. The summed E-state index contributed by atoms with van der Waals surface area (Å²) in [5, 5.41) is 12.5. The normalized spacial score (nSPS) is 16.9. The molecule has 0 atom stereocenters. The van der Waals surface area contributed by atoms with Crippen molar-refractivity contribution in [1.82, 2.24) is 0 Å². The lowest BCUT2D eigenvalue weighted by molar-refractivity contribution is -0.499. The van der Waals surface area contributed by atoms with Crippen molar-refractivity contribution in [1.29, 1.82) is 0 Å². The Labute approximate surface area is 150 Å². The second-order valence-electron chi connectivity index (χ2n) is 6.83. The fourth-order valence-electron chi connectivity index (χ4n) is 3.33. The summed E-state index contributed by atoms with van der Waals surface area (Å²) >= 11 is 0. The zero-order valence-electron chi connectivity index (χ0n) is 14.8. The van der Waals surface area contributed by atoms with Gasteiger partial charge in [0.1, 0.15) is 12.4 Å². The van der Waals surface area contributed by atoms with Gasteiger partial charge in [-0.25, -0.2) is 4.74 Å². The van der Waals surface area contributed by atoms with Gasteiger partial charge in [0.05, 0.1) is 0 Å². The average molecular weight is 337 g/mol. The standard InChI is InChI=1S/C22H27NO2/c24-23(21-11-7-2-1-3-8-12-21)17-19-13-15-22(16-14-19)25-18-20-9-5-4-6-10-20/h4-6,9-10,13-17,21H,1-3,7-8,11-12,18H2. The molecule has 0 saturated heterocycles. The van der Waals surface area contributed by atoms with E-state index in [0.29, 0.717) is 6.61 Å². The Bertz CT molecular complexity index is 656. The van der Waals surface area contributed by atoms with Crippen LogP contribution in [0.1, 0.15) is 56.1 Å². The molecule has 132 valence electrons. The summed E-state index contributed by atoms with van der Waals surface area (Å²) in [5.41, 5.74) is 2.08. The first kappa shape index (κ1) is 17.5. The van der Waals surface area contributed by atoms with Crippen LogP contribution in [0.25, 0.3) is 0 Å². The van der Waals surface area contributed by atoms with Gasteiger partial charge in [0.2, 0.25) is 0 Å². The predicted octanol–water partition coefficient (Wildman–Crippen LogP) is 5.31. The molecule has 0 amide bonds. The lowest BCUT2D eigenvalue weighted by atomic mass is 9.97. The van der Waals surface area contributed by atoms with E-state index in [-0.39, 0.29) is 6.04 Å². The minimum atomic E-state index is 0.134. The summed E-state index contributed by atoms with van der Waals surface area (Å²) in [6.45, 7) is 0.555. The Balaban J connectivity index is 1.57. The minimum Gasteiger partial charge on any atom is -0.624 e. The highest BCUT2D eigenvalue weighted by Gasteiger charge is 2.17. The summed E-state index contributed by atoms with van der Waals surface area (Å²) in [6, 6.07) is 18.0. The molecule has 1 aliphatic rings. The summed E-state index contributed by atoms with van der Waals surface area (Å²) in [5.74, 6) is 0.824. The molecule has 0 aromatic heterocycles. The maximum atomic E-state index is 12.5. The van der Waals surface area contributed by atoms with Crippen molar-refractivity contribution in [2.75, 3.05) is 0 Å². The molecule has 0 radical (unpaired) electrons. The van der Waals surface area contributed by atoms with E-state index in [1.807, 2.05) is 54.6 Å². The second kappa shape index (κ2) is 9.26. The lowest BCUT2D eigenvalue weighted by Gasteiger charge is -2.19. The highest BCUT2D eigenvalue weighted by Crippen LogP contribution is 2.19. The van der Waals surface area contributed by atoms with Gasteiger partial charge >= 0.3 is 0 Å². The zero-order valence-corrected chi connectivity index (χ0v) is 14.8. The highest BCUT2D eigenvalue weighted by molar-refractivity contribution is 5.75. The fraction of sp³-hybridized carbons (Fsp3) is 0.409. The number of hydrogen-bond acceptors (Lipinski definition) is 2. The van der Waals surface area contributed by atoms with Crippen molar-refractivity contribution in [3.63, 3.8) is 0 Å². The van der Waals surface area contributed by atoms with E-state index in [4.69, 9.17) is 4.74 Å². The van der Waals surface area contributed by atoms with Crippen molar-refractivity contribution in [3.05, 3.63) is 70.9 Å². The smallest absolute Gasteiger partial charge is 0.182 e. The Morgan fingerprint density at radius 2 is 1.52 bits per heavy atom. The van der Waals surface area contributed by atoms with Crippen LogP contribution in [0.5, 0.6) is 5.75 Å². The Hall–Kier alpha value is -2.29. The number of hydroxylamine groups is 1. The Morgan fingerprint density at radius 1 is 0.880 bits per heavy atom. The molecule has 0 bridgehead atoms. The lowest BCUT2D eigenvalue weighted by Crippen LogP contribution is -2.23. The molecule has 1 saturated carbocycles. The third-order valence-corrected chi connectivity index (χ3v) is 4.84. The SMILES string of the molecule is [O-][N+](=Cc1ccc(OCc2ccccc2)cc1)C1CCCCCCC1. The molecule has 3 rings (SSSR count). The van der Waals surface area contributed by atoms with Gasteiger partial charge in [0.25, 0.3) is 0 Å². The molecule has 1 aliphatic carbocycles. The summed E-state index contributed by atoms with van der Waals surface area (Å²) in [4.78, 5) is 0. The van der Waals surface area contributed by atoms with Gasteiger partial charge in [-0.3, -0.25) is 0 Å². The van der Waals surface area contributed by atoms with Gasteiger partial charge in [0, 0.05) is 18.4 Å². The molecule has 2 aromatic rings. The molecule has 0 unspecified atom stereocenters. The van der Waals surface area contributed by atoms with Gasteiger partial charge in [-0.1, -0.05) is 49.6 Å². The molecule has 25 heavy (non-hydrogen) atoms. The topological polar surface area (TPSA) is 35.3 Å². The van der Waals surface area contributed by atoms with Crippen LogP contribution in [0.15, 0.2) is 54.6 Å². The van der Waals surface area contributed by atoms with Gasteiger partial charge in [-0.05, 0) is 42.7 Å². The van der Waals surface area contributed by atoms with Gasteiger partial charge in [-0.15, -0.1) is 0 Å². The molecule has 3 nitrogen and oxygen atoms in total. The van der Waals surface area contributed by atoms with Crippen molar-refractivity contribution in [2.45, 2.75) is 57.6 Å². The molecule has 0 spiro atoms. The first-order chi connectivity index (χ1) is 12.3. The van der Waals surface area contributed by atoms with Crippen molar-refractivity contribution < 1.29 is 9.48 Å². The summed E-state index contributed by atoms with van der Waals surface area (Å²) in [6.07, 6.45) is 9.94. The highest BCUT2D eigenvalue weighted by atomic mass is 16.5. The first-order valence-electron chi connectivity index (χ1n) is 9.38. The van der Waals surface area contributed by atoms with E-state index in [9.17, 15) is 5.21 Å². The third kappa shape index (κ3) is 5.63. The summed E-state index contributed by atoms with van der Waals surface area (Å²) in [7, 11) is 0. The molecular formula is C22H27NO2. The molecule has 1 fully saturated rings. The zero-order chi connectivity index (χ0) is 17.3. The van der Waals surface area contributed by atoms with Crippen LogP contribution in [0.4, 0.5) is 0 Å². The van der Waals surface area contributed by atoms with Crippen LogP contribution < -0.4 is 4.74 Å². The van der Waals surface area contributed by atoms with Crippen LogP contribution in [0.2, 0.25) is 0 Å². The van der Waals surface area contributed by atoms with Gasteiger partial charge < -0.3 is 9.94 Å². The first-order valence-corrected chi connectivity index (χ1v) is 9.38. The fourth-order valence-corrected chi connectivity index (χ4v) is 3.33. The minimum absolute atomic E-state index is 0.134. The van der Waals surface area contributed by atoms with Crippen LogP contribution in [0.3, 0.4) is 0 Å². The van der Waals surface area contributed by atoms with Gasteiger partial charge in [0.15, 0.2) is 12.3 Å². The molecule has 3 heteroatoms. The van der Waals surface area contributed by atoms with Crippen LogP contribution in [0, 0.1) is 5.21 Å². The number of ether oxygens (including phenoxy) is 1. The van der Waals surface area contributed by atoms with Crippen molar-refractivity contribution in [2.24, 2.45) is 0 Å². The third-order valence-electron chi connectivity index (χ3n) is 4.84. The maximum absolute atomic E-state index is 12.5. The monoisotopic (exact) mass is 337 g/mol. The van der Waals surface area contributed by atoms with E-state index >= 15 is 0 Å². The van der Waals surface area contributed by atoms with Crippen LogP contribution in [-0.4, -0.2) is 17.0 Å². The van der Waals surface area contributed by atoms with E-state index in [0.717, 1.165) is 29.7 Å². The van der Waals surface area contributed by atoms with E-state index in [1.54, 1.807) is 6.21 Å². The average Bonchev–Trinajstić information content (AvgIpc) is 2.61. The van der Waals surface area contributed by atoms with E-state index in [2.05, 4.69) is 0 Å². The van der Waals surface area contributed by atoms with Crippen LogP contribution in [-0.2, 0) is 6.61 Å². The molecule has 2 aromatic carbocycles. The van der Waals surface area contributed by atoms with Crippen molar-refractivity contribution in [3.8, 4) is 5.75 Å². The van der Waals surface area contributed by atoms with Gasteiger partial charge in [-0.2, -0.15) is 0 Å². The van der Waals surface area contributed by atoms with E-state index in [1.165, 1.54) is 36.8 Å². The number of benzene rings is 2. The molecule has 0 aliphatic heterocycles. The van der Waals surface area contributed by atoms with E-state index < -0.39 is 0 Å². The maximum Gasteiger partial charge on any atom is 0.182 e. The van der Waals surface area contributed by atoms with Crippen LogP contribution >= 0.6 is 0 Å². The Kier molecular flexibility index (Phi) is 6.49. The molecular weight excluding hydrogens is 310 g/mol. The predicted molar refractivity (Wildman–Crippen MR) is 102 cm³/mol. The summed E-state index contributed by atoms with van der Waals surface area (Å²) < 4.78 is 6.96. The quantitative estimate of drug-likeness (QED) is 0.321. The number of nitrogens with zero attached hydrogens (tertiary/aromatic N) is 1. The number of hydrogen-bond donors (Lipinski definition) is 0. The second-order valence-corrected chi connectivity index (χ2v) is 6.83. The molecule has 0 N–H and O–H groups in total. The number of rotatable bonds is 5. The largest absolute Gasteiger partial charge is 0.624 e. The Morgan fingerprint density at radius 3 is 2.20 bits per heavy atom. The van der Waals surface area contributed by atoms with Crippen molar-refractivity contribution >= 4 is 6.21 Å².